The Labute approximate surface area is 149 Å². The van der Waals surface area contributed by atoms with Crippen LogP contribution >= 0.6 is 11.1 Å². The van der Waals surface area contributed by atoms with E-state index in [4.69, 9.17) is 15.8 Å². The highest BCUT2D eigenvalue weighted by atomic mass is 35.6. The van der Waals surface area contributed by atoms with Gasteiger partial charge in [-0.15, -0.1) is 11.1 Å². The van der Waals surface area contributed by atoms with Gasteiger partial charge >= 0.3 is 6.09 Å². The van der Waals surface area contributed by atoms with Crippen LogP contribution in [0.5, 0.6) is 0 Å². The largest absolute Gasteiger partial charge is 0.450 e. The van der Waals surface area contributed by atoms with E-state index in [1.165, 1.54) is 57.8 Å². The van der Waals surface area contributed by atoms with Crippen LogP contribution in [-0.4, -0.2) is 31.4 Å². The average Bonchev–Trinajstić information content (AvgIpc) is 2.49. The van der Waals surface area contributed by atoms with Crippen molar-refractivity contribution in [3.63, 3.8) is 0 Å². The van der Waals surface area contributed by atoms with E-state index in [9.17, 15) is 4.79 Å². The van der Waals surface area contributed by atoms with Crippen molar-refractivity contribution in [1.29, 1.82) is 0 Å². The van der Waals surface area contributed by atoms with Gasteiger partial charge in [-0.05, 0) is 25.9 Å². The van der Waals surface area contributed by atoms with Gasteiger partial charge in [0.05, 0.1) is 6.61 Å². The standard InChI is InChI=1S/C18H38ClNO2Si/c1-5-7-8-9-10-11-12-13-14-15-16-20(23(3,4)19)18(21)22-17-6-2/h5-17H2,1-4H3. The molecule has 0 saturated heterocycles. The summed E-state index contributed by atoms with van der Waals surface area (Å²) < 4.78 is 7.05. The van der Waals surface area contributed by atoms with Crippen LogP contribution < -0.4 is 0 Å². The molecule has 0 aromatic heterocycles. The first kappa shape index (κ1) is 22.8. The number of nitrogens with zero attached hydrogens (tertiary/aromatic N) is 1. The summed E-state index contributed by atoms with van der Waals surface area (Å²) in [5.41, 5.74) is 0. The van der Waals surface area contributed by atoms with Gasteiger partial charge in [0, 0.05) is 6.54 Å². The molecule has 0 radical (unpaired) electrons. The molecule has 0 N–H and O–H groups in total. The molecule has 23 heavy (non-hydrogen) atoms. The van der Waals surface area contributed by atoms with E-state index in [-0.39, 0.29) is 6.09 Å². The van der Waals surface area contributed by atoms with Crippen molar-refractivity contribution < 1.29 is 9.53 Å². The minimum Gasteiger partial charge on any atom is -0.450 e. The summed E-state index contributed by atoms with van der Waals surface area (Å²) in [4.78, 5) is 12.1. The Morgan fingerprint density at radius 1 is 0.870 bits per heavy atom. The van der Waals surface area contributed by atoms with Gasteiger partial charge < -0.3 is 9.30 Å². The molecule has 0 aromatic carbocycles. The third-order valence-corrected chi connectivity index (χ3v) is 6.33. The monoisotopic (exact) mass is 363 g/mol. The molecule has 3 nitrogen and oxygen atoms in total. The Morgan fingerprint density at radius 2 is 1.35 bits per heavy atom. The Kier molecular flexibility index (Phi) is 14.0. The quantitative estimate of drug-likeness (QED) is 0.195. The van der Waals surface area contributed by atoms with E-state index in [0.29, 0.717) is 6.61 Å². The van der Waals surface area contributed by atoms with Crippen LogP contribution in [0.4, 0.5) is 4.79 Å². The Bertz CT molecular complexity index is 295. The van der Waals surface area contributed by atoms with Gasteiger partial charge in [0.1, 0.15) is 0 Å². The summed E-state index contributed by atoms with van der Waals surface area (Å²) in [6, 6.07) is 0. The van der Waals surface area contributed by atoms with Crippen molar-refractivity contribution in [1.82, 2.24) is 4.57 Å². The number of hydrogen-bond acceptors (Lipinski definition) is 2. The number of halogens is 1. The summed E-state index contributed by atoms with van der Waals surface area (Å²) in [5.74, 6) is 0. The SMILES string of the molecule is CCCCCCCCCCCCN(C(=O)OCCC)[Si](C)(C)Cl. The molecule has 5 heteroatoms. The normalized spacial score (nSPS) is 11.5. The predicted octanol–water partition coefficient (Wildman–Crippen LogP) is 6.70. The van der Waals surface area contributed by atoms with Crippen molar-refractivity contribution in [3.05, 3.63) is 0 Å². The van der Waals surface area contributed by atoms with Crippen molar-refractivity contribution >= 4 is 24.7 Å². The Balaban J connectivity index is 3.77. The second kappa shape index (κ2) is 14.1. The smallest absolute Gasteiger partial charge is 0.402 e. The first-order valence-corrected chi connectivity index (χ1v) is 13.5. The number of ether oxygens (including phenoxy) is 1. The van der Waals surface area contributed by atoms with Crippen LogP contribution in [0.25, 0.3) is 0 Å². The van der Waals surface area contributed by atoms with Gasteiger partial charge in [-0.25, -0.2) is 4.79 Å². The molecule has 1 amide bonds. The van der Waals surface area contributed by atoms with Crippen LogP contribution in [0.3, 0.4) is 0 Å². The number of carbonyl (C=O) groups excluding carboxylic acids is 1. The summed E-state index contributed by atoms with van der Waals surface area (Å²) >= 11 is 6.46. The average molecular weight is 364 g/mol. The molecule has 138 valence electrons. The van der Waals surface area contributed by atoms with Gasteiger partial charge in [0.25, 0.3) is 7.55 Å². The molecule has 0 saturated carbocycles. The number of carbonyl (C=O) groups is 1. The molecule has 0 aliphatic carbocycles. The van der Waals surface area contributed by atoms with Gasteiger partial charge in [0.2, 0.25) is 0 Å². The molecule has 0 rings (SSSR count). The van der Waals surface area contributed by atoms with E-state index < -0.39 is 7.55 Å². The van der Waals surface area contributed by atoms with E-state index in [2.05, 4.69) is 6.92 Å². The minimum absolute atomic E-state index is 0.227. The third kappa shape index (κ3) is 12.8. The van der Waals surface area contributed by atoms with Crippen molar-refractivity contribution in [2.24, 2.45) is 0 Å². The van der Waals surface area contributed by atoms with Crippen LogP contribution in [-0.2, 0) is 4.74 Å². The van der Waals surface area contributed by atoms with Crippen LogP contribution in [0, 0.1) is 0 Å². The second-order valence-electron chi connectivity index (χ2n) is 6.86. The lowest BCUT2D eigenvalue weighted by molar-refractivity contribution is 0.123. The molecule has 0 aromatic rings. The first-order valence-electron chi connectivity index (χ1n) is 9.56. The van der Waals surface area contributed by atoms with Crippen molar-refractivity contribution in [3.8, 4) is 0 Å². The minimum atomic E-state index is -2.16. The van der Waals surface area contributed by atoms with E-state index in [1.54, 1.807) is 4.57 Å². The predicted molar refractivity (Wildman–Crippen MR) is 104 cm³/mol. The fourth-order valence-corrected chi connectivity index (χ4v) is 4.25. The molecular weight excluding hydrogens is 326 g/mol. The lowest BCUT2D eigenvalue weighted by Crippen LogP contribution is -2.48. The van der Waals surface area contributed by atoms with Gasteiger partial charge in [-0.1, -0.05) is 71.6 Å². The van der Waals surface area contributed by atoms with Crippen LogP contribution in [0.1, 0.15) is 84.5 Å². The number of amides is 1. The number of unbranched alkanes of at least 4 members (excludes halogenated alkanes) is 9. The summed E-state index contributed by atoms with van der Waals surface area (Å²) in [6.07, 6.45) is 13.6. The fraction of sp³-hybridized carbons (Fsp3) is 0.944. The Morgan fingerprint density at radius 3 is 1.78 bits per heavy atom. The first-order chi connectivity index (χ1) is 10.9. The highest BCUT2D eigenvalue weighted by molar-refractivity contribution is 7.18. The van der Waals surface area contributed by atoms with Crippen molar-refractivity contribution in [2.75, 3.05) is 13.2 Å². The number of rotatable bonds is 14. The summed E-state index contributed by atoms with van der Waals surface area (Å²) in [5, 5.41) is 0. The van der Waals surface area contributed by atoms with Crippen molar-refractivity contribution in [2.45, 2.75) is 97.6 Å². The van der Waals surface area contributed by atoms with Gasteiger partial charge in [-0.2, -0.15) is 0 Å². The third-order valence-electron chi connectivity index (χ3n) is 4.03. The highest BCUT2D eigenvalue weighted by Gasteiger charge is 2.32. The topological polar surface area (TPSA) is 29.5 Å². The maximum Gasteiger partial charge on any atom is 0.402 e. The summed E-state index contributed by atoms with van der Waals surface area (Å²) in [7, 11) is -2.16. The second-order valence-corrected chi connectivity index (χ2v) is 13.0. The zero-order valence-corrected chi connectivity index (χ0v) is 17.6. The van der Waals surface area contributed by atoms with Crippen LogP contribution in [0.15, 0.2) is 0 Å². The zero-order valence-electron chi connectivity index (χ0n) is 15.8. The van der Waals surface area contributed by atoms with E-state index >= 15 is 0 Å². The Hall–Kier alpha value is -0.223. The lowest BCUT2D eigenvalue weighted by Gasteiger charge is -2.31. The van der Waals surface area contributed by atoms with Crippen LogP contribution in [0.2, 0.25) is 13.1 Å². The number of hydrogen-bond donors (Lipinski definition) is 0. The molecule has 0 unspecified atom stereocenters. The van der Waals surface area contributed by atoms with Gasteiger partial charge in [0.15, 0.2) is 0 Å². The molecule has 0 spiro atoms. The molecule has 0 aliphatic rings. The molecule has 0 heterocycles. The molecule has 0 atom stereocenters. The molecule has 0 bridgehead atoms. The van der Waals surface area contributed by atoms with Gasteiger partial charge in [-0.3, -0.25) is 0 Å². The molecule has 0 aliphatic heterocycles. The van der Waals surface area contributed by atoms with E-state index in [1.807, 2.05) is 20.0 Å². The lowest BCUT2D eigenvalue weighted by atomic mass is 10.1. The maximum atomic E-state index is 12.1. The summed E-state index contributed by atoms with van der Waals surface area (Å²) in [6.45, 7) is 9.45. The molecular formula is C18H38ClNO2Si. The van der Waals surface area contributed by atoms with E-state index in [0.717, 1.165) is 19.4 Å². The maximum absolute atomic E-state index is 12.1. The highest BCUT2D eigenvalue weighted by Crippen LogP contribution is 2.18. The molecule has 0 fully saturated rings. The zero-order chi connectivity index (χ0) is 17.6. The fourth-order valence-electron chi connectivity index (χ4n) is 2.60.